The number of nitrogens with one attached hydrogen (secondary N) is 1. The molecule has 126 valence electrons. The van der Waals surface area contributed by atoms with Crippen molar-refractivity contribution in [1.29, 1.82) is 0 Å². The first-order valence-electron chi connectivity index (χ1n) is 7.02. The molecule has 0 atom stereocenters. The van der Waals surface area contributed by atoms with Crippen molar-refractivity contribution in [3.63, 3.8) is 0 Å². The molecule has 0 heterocycles. The Labute approximate surface area is 139 Å². The molecule has 24 heavy (non-hydrogen) atoms. The summed E-state index contributed by atoms with van der Waals surface area (Å²) in [5.41, 5.74) is 6.02. The molecule has 0 aliphatic rings. The lowest BCUT2D eigenvalue weighted by molar-refractivity contribution is 0.100. The fourth-order valence-electron chi connectivity index (χ4n) is 2.25. The molecular formula is C17H18N2O5. The number of carbonyl (C=O) groups is 2. The smallest absolute Gasteiger partial charge is 0.255 e. The van der Waals surface area contributed by atoms with Gasteiger partial charge < -0.3 is 25.3 Å². The zero-order chi connectivity index (χ0) is 17.7. The van der Waals surface area contributed by atoms with E-state index in [2.05, 4.69) is 5.32 Å². The second-order valence-corrected chi connectivity index (χ2v) is 4.75. The molecule has 7 heteroatoms. The van der Waals surface area contributed by atoms with Crippen LogP contribution in [-0.2, 0) is 0 Å². The van der Waals surface area contributed by atoms with Gasteiger partial charge in [-0.1, -0.05) is 18.2 Å². The summed E-state index contributed by atoms with van der Waals surface area (Å²) in [5, 5.41) is 2.65. The normalized spacial score (nSPS) is 9.96. The Bertz CT molecular complexity index is 759. The molecule has 0 unspecified atom stereocenters. The zero-order valence-electron chi connectivity index (χ0n) is 13.6. The van der Waals surface area contributed by atoms with E-state index >= 15 is 0 Å². The Morgan fingerprint density at radius 3 is 2.08 bits per heavy atom. The topological polar surface area (TPSA) is 99.9 Å². The number of primary amides is 1. The number of amides is 2. The highest BCUT2D eigenvalue weighted by atomic mass is 16.5. The summed E-state index contributed by atoms with van der Waals surface area (Å²) in [6.07, 6.45) is 0. The molecule has 7 nitrogen and oxygen atoms in total. The van der Waals surface area contributed by atoms with Crippen LogP contribution in [0.1, 0.15) is 20.7 Å². The third kappa shape index (κ3) is 3.24. The average Bonchev–Trinajstić information content (AvgIpc) is 2.61. The molecular weight excluding hydrogens is 312 g/mol. The highest BCUT2D eigenvalue weighted by molar-refractivity contribution is 6.10. The van der Waals surface area contributed by atoms with Crippen LogP contribution in [0.25, 0.3) is 0 Å². The van der Waals surface area contributed by atoms with Crippen LogP contribution >= 0.6 is 0 Å². The van der Waals surface area contributed by atoms with Crippen LogP contribution in [0.2, 0.25) is 0 Å². The van der Waals surface area contributed by atoms with Gasteiger partial charge in [-0.05, 0) is 18.2 Å². The second kappa shape index (κ2) is 7.36. The van der Waals surface area contributed by atoms with Crippen molar-refractivity contribution < 1.29 is 23.8 Å². The number of methoxy groups -OCH3 is 3. The second-order valence-electron chi connectivity index (χ2n) is 4.75. The molecule has 0 aliphatic heterocycles. The van der Waals surface area contributed by atoms with Crippen molar-refractivity contribution >= 4 is 17.5 Å². The van der Waals surface area contributed by atoms with Crippen LogP contribution in [-0.4, -0.2) is 33.1 Å². The maximum atomic E-state index is 12.4. The first-order chi connectivity index (χ1) is 11.5. The van der Waals surface area contributed by atoms with E-state index < -0.39 is 11.8 Å². The van der Waals surface area contributed by atoms with Crippen molar-refractivity contribution in [2.75, 3.05) is 26.6 Å². The lowest BCUT2D eigenvalue weighted by atomic mass is 10.1. The van der Waals surface area contributed by atoms with Crippen molar-refractivity contribution in [3.05, 3.63) is 47.5 Å². The van der Waals surface area contributed by atoms with Gasteiger partial charge in [-0.2, -0.15) is 0 Å². The molecule has 0 bridgehead atoms. The summed E-state index contributed by atoms with van der Waals surface area (Å²) < 4.78 is 15.8. The third-order valence-electron chi connectivity index (χ3n) is 3.37. The van der Waals surface area contributed by atoms with E-state index in [4.69, 9.17) is 19.9 Å². The van der Waals surface area contributed by atoms with E-state index in [9.17, 15) is 9.59 Å². The van der Waals surface area contributed by atoms with Crippen LogP contribution < -0.4 is 25.3 Å². The molecule has 0 aromatic heterocycles. The number of benzene rings is 2. The largest absolute Gasteiger partial charge is 0.493 e. The van der Waals surface area contributed by atoms with Gasteiger partial charge in [0.1, 0.15) is 5.69 Å². The molecule has 2 amide bonds. The fourth-order valence-corrected chi connectivity index (χ4v) is 2.25. The van der Waals surface area contributed by atoms with E-state index in [1.165, 1.54) is 27.4 Å². The van der Waals surface area contributed by atoms with Gasteiger partial charge in [0.25, 0.3) is 11.8 Å². The Hall–Kier alpha value is -3.22. The number of rotatable bonds is 6. The molecule has 0 fully saturated rings. The first kappa shape index (κ1) is 17.1. The predicted molar refractivity (Wildman–Crippen MR) is 89.0 cm³/mol. The highest BCUT2D eigenvalue weighted by Gasteiger charge is 2.24. The van der Waals surface area contributed by atoms with Crippen LogP contribution in [0, 0.1) is 0 Å². The molecule has 2 aromatic rings. The van der Waals surface area contributed by atoms with Gasteiger partial charge in [0.2, 0.25) is 5.75 Å². The van der Waals surface area contributed by atoms with Gasteiger partial charge in [-0.3, -0.25) is 9.59 Å². The van der Waals surface area contributed by atoms with Crippen molar-refractivity contribution in [1.82, 2.24) is 0 Å². The van der Waals surface area contributed by atoms with Crippen LogP contribution in [0.4, 0.5) is 5.69 Å². The lowest BCUT2D eigenvalue weighted by Gasteiger charge is -2.19. The summed E-state index contributed by atoms with van der Waals surface area (Å²) in [4.78, 5) is 24.2. The number of nitrogens with two attached hydrogens (primary N) is 1. The molecule has 0 saturated heterocycles. The van der Waals surface area contributed by atoms with Gasteiger partial charge in [0.05, 0.1) is 26.9 Å². The Morgan fingerprint density at radius 1 is 0.958 bits per heavy atom. The lowest BCUT2D eigenvalue weighted by Crippen LogP contribution is -2.19. The summed E-state index contributed by atoms with van der Waals surface area (Å²) in [6, 6.07) is 9.94. The molecule has 2 rings (SSSR count). The predicted octanol–water partition coefficient (Wildman–Crippen LogP) is 2.06. The monoisotopic (exact) mass is 330 g/mol. The molecule has 3 N–H and O–H groups in total. The van der Waals surface area contributed by atoms with E-state index in [0.29, 0.717) is 5.56 Å². The minimum absolute atomic E-state index is 0.0498. The SMILES string of the molecule is COc1cc(C(N)=O)c(NC(=O)c2ccccc2)c(OC)c1OC. The van der Waals surface area contributed by atoms with Crippen molar-refractivity contribution in [3.8, 4) is 17.2 Å². The number of hydrogen-bond acceptors (Lipinski definition) is 5. The number of anilines is 1. The Balaban J connectivity index is 2.58. The molecule has 0 saturated carbocycles. The van der Waals surface area contributed by atoms with Gasteiger partial charge in [0.15, 0.2) is 11.5 Å². The zero-order valence-corrected chi connectivity index (χ0v) is 13.6. The van der Waals surface area contributed by atoms with Crippen LogP contribution in [0.3, 0.4) is 0 Å². The van der Waals surface area contributed by atoms with E-state index in [1.54, 1.807) is 30.3 Å². The van der Waals surface area contributed by atoms with Gasteiger partial charge in [-0.15, -0.1) is 0 Å². The Kier molecular flexibility index (Phi) is 5.26. The number of hydrogen-bond donors (Lipinski definition) is 2. The van der Waals surface area contributed by atoms with E-state index in [1.807, 2.05) is 0 Å². The Morgan fingerprint density at radius 2 is 1.58 bits per heavy atom. The van der Waals surface area contributed by atoms with Crippen molar-refractivity contribution in [2.45, 2.75) is 0 Å². The van der Waals surface area contributed by atoms with Gasteiger partial charge in [0, 0.05) is 5.56 Å². The minimum atomic E-state index is -0.738. The molecule has 0 radical (unpaired) electrons. The van der Waals surface area contributed by atoms with Gasteiger partial charge >= 0.3 is 0 Å². The highest BCUT2D eigenvalue weighted by Crippen LogP contribution is 2.45. The molecule has 2 aromatic carbocycles. The third-order valence-corrected chi connectivity index (χ3v) is 3.37. The number of carbonyl (C=O) groups excluding carboxylic acids is 2. The fraction of sp³-hybridized carbons (Fsp3) is 0.176. The maximum absolute atomic E-state index is 12.4. The van der Waals surface area contributed by atoms with E-state index in [-0.39, 0.29) is 28.5 Å². The first-order valence-corrected chi connectivity index (χ1v) is 7.02. The summed E-state index contributed by atoms with van der Waals surface area (Å²) in [7, 11) is 4.23. The van der Waals surface area contributed by atoms with Crippen LogP contribution in [0.15, 0.2) is 36.4 Å². The quantitative estimate of drug-likeness (QED) is 0.844. The molecule has 0 aliphatic carbocycles. The van der Waals surface area contributed by atoms with Crippen molar-refractivity contribution in [2.24, 2.45) is 5.73 Å². The standard InChI is InChI=1S/C17H18N2O5/c1-22-12-9-11(16(18)20)13(15(24-3)14(12)23-2)19-17(21)10-7-5-4-6-8-10/h4-9H,1-3H3,(H2,18,20)(H,19,21). The summed E-state index contributed by atoms with van der Waals surface area (Å²) >= 11 is 0. The molecule has 0 spiro atoms. The van der Waals surface area contributed by atoms with Gasteiger partial charge in [-0.25, -0.2) is 0 Å². The number of ether oxygens (including phenoxy) is 3. The van der Waals surface area contributed by atoms with E-state index in [0.717, 1.165) is 0 Å². The summed E-state index contributed by atoms with van der Waals surface area (Å²) in [5.74, 6) is -0.495. The maximum Gasteiger partial charge on any atom is 0.255 e. The average molecular weight is 330 g/mol. The summed E-state index contributed by atoms with van der Waals surface area (Å²) in [6.45, 7) is 0. The minimum Gasteiger partial charge on any atom is -0.493 e. The van der Waals surface area contributed by atoms with Crippen LogP contribution in [0.5, 0.6) is 17.2 Å².